The Labute approximate surface area is 174 Å². The molecular formula is C22H34N4O3. The molecule has 1 saturated heterocycles. The molecule has 29 heavy (non-hydrogen) atoms. The fourth-order valence-corrected chi connectivity index (χ4v) is 4.05. The number of anilines is 1. The van der Waals surface area contributed by atoms with E-state index in [0.29, 0.717) is 30.8 Å². The first-order valence-electron chi connectivity index (χ1n) is 10.6. The van der Waals surface area contributed by atoms with Gasteiger partial charge in [0.15, 0.2) is 6.10 Å². The lowest BCUT2D eigenvalue weighted by Gasteiger charge is -2.40. The van der Waals surface area contributed by atoms with E-state index in [-0.39, 0.29) is 18.2 Å². The third-order valence-corrected chi connectivity index (χ3v) is 5.92. The molecule has 160 valence electrons. The number of fused-ring (bicyclic) bond motifs is 1. The minimum atomic E-state index is -0.532. The number of rotatable bonds is 7. The predicted octanol–water partition coefficient (Wildman–Crippen LogP) is 1.58. The molecule has 0 bridgehead atoms. The summed E-state index contributed by atoms with van der Waals surface area (Å²) in [6, 6.07) is 7.81. The second-order valence-electron chi connectivity index (χ2n) is 8.42. The van der Waals surface area contributed by atoms with Crippen molar-refractivity contribution in [2.24, 2.45) is 5.92 Å². The molecule has 0 aromatic heterocycles. The molecule has 3 rings (SSSR count). The molecule has 0 radical (unpaired) electrons. The molecule has 1 aromatic carbocycles. The highest BCUT2D eigenvalue weighted by atomic mass is 16.5. The maximum absolute atomic E-state index is 12.5. The summed E-state index contributed by atoms with van der Waals surface area (Å²) in [5.41, 5.74) is 0.737. The van der Waals surface area contributed by atoms with Crippen molar-refractivity contribution in [3.8, 4) is 5.75 Å². The average molecular weight is 403 g/mol. The Morgan fingerprint density at radius 2 is 1.90 bits per heavy atom. The van der Waals surface area contributed by atoms with Gasteiger partial charge in [-0.25, -0.2) is 0 Å². The quantitative estimate of drug-likeness (QED) is 0.750. The fourth-order valence-electron chi connectivity index (χ4n) is 4.05. The molecule has 2 heterocycles. The maximum atomic E-state index is 12.5. The van der Waals surface area contributed by atoms with Crippen LogP contribution in [0.3, 0.4) is 0 Å². The Morgan fingerprint density at radius 1 is 1.21 bits per heavy atom. The van der Waals surface area contributed by atoms with E-state index in [2.05, 4.69) is 36.0 Å². The highest BCUT2D eigenvalue weighted by molar-refractivity contribution is 6.00. The van der Waals surface area contributed by atoms with Crippen LogP contribution in [-0.2, 0) is 9.59 Å². The fraction of sp³-hybridized carbons (Fsp3) is 0.636. The molecule has 7 nitrogen and oxygen atoms in total. The molecule has 1 fully saturated rings. The van der Waals surface area contributed by atoms with Gasteiger partial charge in [0.25, 0.3) is 5.91 Å². The van der Waals surface area contributed by atoms with Crippen molar-refractivity contribution in [3.05, 3.63) is 24.3 Å². The van der Waals surface area contributed by atoms with Crippen molar-refractivity contribution in [3.63, 3.8) is 0 Å². The number of likely N-dealkylation sites (N-methyl/N-ethyl adjacent to an activating group) is 1. The molecule has 2 unspecified atom stereocenters. The largest absolute Gasteiger partial charge is 0.479 e. The van der Waals surface area contributed by atoms with E-state index in [9.17, 15) is 9.59 Å². The maximum Gasteiger partial charge on any atom is 0.267 e. The lowest BCUT2D eigenvalue weighted by molar-refractivity contribution is -0.125. The third kappa shape index (κ3) is 5.28. The Balaban J connectivity index is 1.53. The molecule has 2 atom stereocenters. The summed E-state index contributed by atoms with van der Waals surface area (Å²) in [6.07, 6.45) is -0.254. The van der Waals surface area contributed by atoms with Crippen LogP contribution in [0.4, 0.5) is 5.69 Å². The summed E-state index contributed by atoms with van der Waals surface area (Å²) >= 11 is 0. The minimum Gasteiger partial charge on any atom is -0.479 e. The van der Waals surface area contributed by atoms with E-state index in [1.807, 2.05) is 24.3 Å². The van der Waals surface area contributed by atoms with Crippen LogP contribution in [0.2, 0.25) is 0 Å². The van der Waals surface area contributed by atoms with Gasteiger partial charge in [-0.2, -0.15) is 0 Å². The number of carbonyl (C=O) groups is 2. The van der Waals surface area contributed by atoms with Gasteiger partial charge in [-0.3, -0.25) is 14.5 Å². The van der Waals surface area contributed by atoms with E-state index < -0.39 is 6.10 Å². The van der Waals surface area contributed by atoms with Crippen LogP contribution in [0.25, 0.3) is 0 Å². The predicted molar refractivity (Wildman–Crippen MR) is 114 cm³/mol. The number of para-hydroxylation sites is 2. The van der Waals surface area contributed by atoms with Crippen LogP contribution in [-0.4, -0.2) is 80.1 Å². The SMILES string of the molecule is CC1Oc2ccccc2N(CCC(=O)NCC(C(C)C)N2CCN(C)CC2)C1=O. The number of nitrogens with zero attached hydrogens (tertiary/aromatic N) is 3. The first-order valence-corrected chi connectivity index (χ1v) is 10.6. The summed E-state index contributed by atoms with van der Waals surface area (Å²) < 4.78 is 5.66. The Bertz CT molecular complexity index is 716. The lowest BCUT2D eigenvalue weighted by Crippen LogP contribution is -2.54. The van der Waals surface area contributed by atoms with Crippen LogP contribution in [0.1, 0.15) is 27.2 Å². The molecular weight excluding hydrogens is 368 g/mol. The third-order valence-electron chi connectivity index (χ3n) is 5.92. The topological polar surface area (TPSA) is 65.1 Å². The number of carbonyl (C=O) groups excluding carboxylic acids is 2. The van der Waals surface area contributed by atoms with Crippen molar-refractivity contribution in [1.29, 1.82) is 0 Å². The Hall–Kier alpha value is -2.12. The van der Waals surface area contributed by atoms with Gasteiger partial charge in [0.2, 0.25) is 5.91 Å². The van der Waals surface area contributed by atoms with Crippen LogP contribution in [0.15, 0.2) is 24.3 Å². The van der Waals surface area contributed by atoms with Gasteiger partial charge in [-0.05, 0) is 32.0 Å². The highest BCUT2D eigenvalue weighted by Crippen LogP contribution is 2.33. The minimum absolute atomic E-state index is 0.0193. The molecule has 1 aromatic rings. The van der Waals surface area contributed by atoms with Crippen LogP contribution < -0.4 is 15.0 Å². The summed E-state index contributed by atoms with van der Waals surface area (Å²) in [5.74, 6) is 1.03. The molecule has 0 spiro atoms. The van der Waals surface area contributed by atoms with Crippen molar-refractivity contribution in [2.75, 3.05) is 51.2 Å². The molecule has 1 N–H and O–H groups in total. The van der Waals surface area contributed by atoms with Gasteiger partial charge in [-0.15, -0.1) is 0 Å². The number of ether oxygens (including phenoxy) is 1. The standard InChI is InChI=1S/C22H34N4O3/c1-16(2)19(25-13-11-24(4)12-14-25)15-23-21(27)9-10-26-18-7-5-6-8-20(18)29-17(3)22(26)28/h5-8,16-17,19H,9-15H2,1-4H3,(H,23,27). The van der Waals surface area contributed by atoms with Gasteiger partial charge in [0.05, 0.1) is 5.69 Å². The van der Waals surface area contributed by atoms with Crippen LogP contribution in [0, 0.1) is 5.92 Å². The molecule has 2 aliphatic rings. The normalized spacial score (nSPS) is 21.6. The Kier molecular flexibility index (Phi) is 7.14. The molecule has 2 aliphatic heterocycles. The number of nitrogens with one attached hydrogen (secondary N) is 1. The van der Waals surface area contributed by atoms with Gasteiger partial charge >= 0.3 is 0 Å². The smallest absolute Gasteiger partial charge is 0.267 e. The Morgan fingerprint density at radius 3 is 2.59 bits per heavy atom. The van der Waals surface area contributed by atoms with Gasteiger partial charge in [0, 0.05) is 51.7 Å². The first kappa shape index (κ1) is 21.6. The van der Waals surface area contributed by atoms with Crippen molar-refractivity contribution in [1.82, 2.24) is 15.1 Å². The molecule has 0 saturated carbocycles. The van der Waals surface area contributed by atoms with Crippen LogP contribution >= 0.6 is 0 Å². The average Bonchev–Trinajstić information content (AvgIpc) is 2.69. The first-order chi connectivity index (χ1) is 13.9. The number of benzene rings is 1. The number of hydrogen-bond acceptors (Lipinski definition) is 5. The summed E-state index contributed by atoms with van der Waals surface area (Å²) in [7, 11) is 2.15. The summed E-state index contributed by atoms with van der Waals surface area (Å²) in [5, 5.41) is 3.10. The zero-order valence-corrected chi connectivity index (χ0v) is 18.1. The second kappa shape index (κ2) is 9.59. The van der Waals surface area contributed by atoms with Gasteiger partial charge < -0.3 is 19.9 Å². The van der Waals surface area contributed by atoms with Crippen molar-refractivity contribution < 1.29 is 14.3 Å². The van der Waals surface area contributed by atoms with E-state index in [0.717, 1.165) is 31.9 Å². The zero-order valence-electron chi connectivity index (χ0n) is 18.1. The van der Waals surface area contributed by atoms with E-state index >= 15 is 0 Å². The van der Waals surface area contributed by atoms with E-state index in [1.54, 1.807) is 11.8 Å². The summed E-state index contributed by atoms with van der Waals surface area (Å²) in [4.78, 5) is 31.6. The monoisotopic (exact) mass is 402 g/mol. The van der Waals surface area contributed by atoms with Crippen molar-refractivity contribution >= 4 is 17.5 Å². The number of hydrogen-bond donors (Lipinski definition) is 1. The number of piperazine rings is 1. The highest BCUT2D eigenvalue weighted by Gasteiger charge is 2.31. The van der Waals surface area contributed by atoms with E-state index in [4.69, 9.17) is 4.74 Å². The van der Waals surface area contributed by atoms with Gasteiger partial charge in [-0.1, -0.05) is 26.0 Å². The molecule has 0 aliphatic carbocycles. The molecule has 7 heteroatoms. The summed E-state index contributed by atoms with van der Waals surface area (Å²) in [6.45, 7) is 11.4. The van der Waals surface area contributed by atoms with E-state index in [1.165, 1.54) is 0 Å². The van der Waals surface area contributed by atoms with Crippen LogP contribution in [0.5, 0.6) is 5.75 Å². The van der Waals surface area contributed by atoms with Crippen molar-refractivity contribution in [2.45, 2.75) is 39.3 Å². The number of amides is 2. The molecule has 2 amide bonds. The zero-order chi connectivity index (χ0) is 21.0. The second-order valence-corrected chi connectivity index (χ2v) is 8.42. The lowest BCUT2D eigenvalue weighted by atomic mass is 10.0. The van der Waals surface area contributed by atoms with Gasteiger partial charge in [0.1, 0.15) is 5.75 Å².